The lowest BCUT2D eigenvalue weighted by Crippen LogP contribution is -2.48. The van der Waals surface area contributed by atoms with Crippen LogP contribution in [0, 0.1) is 0 Å². The second-order valence-corrected chi connectivity index (χ2v) is 8.19. The number of hydrogen-bond donors (Lipinski definition) is 0. The van der Waals surface area contributed by atoms with Gasteiger partial charge in [-0.05, 0) is 38.0 Å². The summed E-state index contributed by atoms with van der Waals surface area (Å²) in [6.07, 6.45) is 4.34. The van der Waals surface area contributed by atoms with Crippen molar-refractivity contribution in [2.24, 2.45) is 0 Å². The Morgan fingerprint density at radius 1 is 1.03 bits per heavy atom. The van der Waals surface area contributed by atoms with Crippen molar-refractivity contribution in [2.75, 3.05) is 0 Å². The largest absolute Gasteiger partial charge is 0.457 e. The molecule has 2 atom stereocenters. The minimum Gasteiger partial charge on any atom is -0.457 e. The summed E-state index contributed by atoms with van der Waals surface area (Å²) in [7, 11) is 0. The van der Waals surface area contributed by atoms with Gasteiger partial charge in [-0.1, -0.05) is 72.8 Å². The molecule has 150 valence electrons. The molecule has 1 aliphatic carbocycles. The molecule has 0 bridgehead atoms. The van der Waals surface area contributed by atoms with Gasteiger partial charge in [-0.25, -0.2) is 9.18 Å². The maximum atomic E-state index is 16.6. The number of esters is 1. The molecule has 0 aliphatic heterocycles. The maximum Gasteiger partial charge on any atom is 0.349 e. The molecule has 0 spiro atoms. The molecule has 4 heteroatoms. The van der Waals surface area contributed by atoms with E-state index in [2.05, 4.69) is 0 Å². The van der Waals surface area contributed by atoms with E-state index in [1.54, 1.807) is 51.1 Å². The lowest BCUT2D eigenvalue weighted by molar-refractivity contribution is -0.168. The third-order valence-electron chi connectivity index (χ3n) is 4.77. The number of rotatable bonds is 4. The standard InChI is InChI=1S/C25H25FO3/c1-24(2,3)29-23(28)25(26)20(15-14-18-10-6-4-7-11-18)16-21(27)17-22(25)19-12-8-5-9-13-19/h4-16,22H,17H2,1-3H3/b15-14+/t22-,25+/m0/s1. The van der Waals surface area contributed by atoms with Crippen LogP contribution in [0.1, 0.15) is 44.2 Å². The van der Waals surface area contributed by atoms with E-state index in [0.717, 1.165) is 5.56 Å². The van der Waals surface area contributed by atoms with Crippen molar-refractivity contribution >= 4 is 17.8 Å². The van der Waals surface area contributed by atoms with Gasteiger partial charge in [0.25, 0.3) is 0 Å². The van der Waals surface area contributed by atoms with E-state index in [4.69, 9.17) is 4.74 Å². The molecular formula is C25H25FO3. The Hall–Kier alpha value is -3.01. The topological polar surface area (TPSA) is 43.4 Å². The summed E-state index contributed by atoms with van der Waals surface area (Å²) < 4.78 is 22.1. The first-order valence-electron chi connectivity index (χ1n) is 9.65. The summed E-state index contributed by atoms with van der Waals surface area (Å²) in [5.41, 5.74) is -1.87. The van der Waals surface area contributed by atoms with Crippen molar-refractivity contribution in [3.63, 3.8) is 0 Å². The summed E-state index contributed by atoms with van der Waals surface area (Å²) in [4.78, 5) is 25.5. The highest BCUT2D eigenvalue weighted by Gasteiger charge is 2.54. The van der Waals surface area contributed by atoms with Gasteiger partial charge < -0.3 is 4.74 Å². The first-order chi connectivity index (χ1) is 13.7. The Morgan fingerprint density at radius 2 is 1.62 bits per heavy atom. The van der Waals surface area contributed by atoms with Crippen molar-refractivity contribution in [1.29, 1.82) is 0 Å². The van der Waals surface area contributed by atoms with Crippen LogP contribution in [0.15, 0.2) is 78.4 Å². The maximum absolute atomic E-state index is 16.6. The summed E-state index contributed by atoms with van der Waals surface area (Å²) in [6, 6.07) is 18.2. The molecule has 29 heavy (non-hydrogen) atoms. The van der Waals surface area contributed by atoms with Crippen molar-refractivity contribution < 1.29 is 18.7 Å². The molecule has 0 unspecified atom stereocenters. The molecule has 0 saturated carbocycles. The lowest BCUT2D eigenvalue weighted by atomic mass is 9.71. The summed E-state index contributed by atoms with van der Waals surface area (Å²) in [5.74, 6) is -2.15. The Kier molecular flexibility index (Phi) is 5.83. The Morgan fingerprint density at radius 3 is 2.21 bits per heavy atom. The fraction of sp³-hybridized carbons (Fsp3) is 0.280. The number of ether oxygens (including phenoxy) is 1. The van der Waals surface area contributed by atoms with Crippen LogP contribution in [0.2, 0.25) is 0 Å². The van der Waals surface area contributed by atoms with Crippen LogP contribution in [0.3, 0.4) is 0 Å². The first-order valence-corrected chi connectivity index (χ1v) is 9.65. The van der Waals surface area contributed by atoms with Gasteiger partial charge in [0.05, 0.1) is 0 Å². The molecule has 1 aliphatic rings. The second-order valence-electron chi connectivity index (χ2n) is 8.19. The number of ketones is 1. The van der Waals surface area contributed by atoms with E-state index in [1.165, 1.54) is 12.2 Å². The van der Waals surface area contributed by atoms with Crippen LogP contribution in [0.25, 0.3) is 6.08 Å². The van der Waals surface area contributed by atoms with E-state index in [-0.39, 0.29) is 17.8 Å². The minimum absolute atomic E-state index is 0.0145. The zero-order valence-electron chi connectivity index (χ0n) is 16.9. The second kappa shape index (κ2) is 8.16. The Labute approximate surface area is 170 Å². The van der Waals surface area contributed by atoms with Crippen LogP contribution in [0.4, 0.5) is 4.39 Å². The molecule has 3 nitrogen and oxygen atoms in total. The first kappa shape index (κ1) is 20.7. The molecule has 0 fully saturated rings. The van der Waals surface area contributed by atoms with Gasteiger partial charge in [-0.2, -0.15) is 0 Å². The molecule has 0 radical (unpaired) electrons. The van der Waals surface area contributed by atoms with E-state index in [1.807, 2.05) is 36.4 Å². The zero-order chi connectivity index (χ0) is 21.1. The van der Waals surface area contributed by atoms with Gasteiger partial charge >= 0.3 is 5.97 Å². The van der Waals surface area contributed by atoms with Crippen molar-refractivity contribution in [1.82, 2.24) is 0 Å². The van der Waals surface area contributed by atoms with E-state index >= 15 is 4.39 Å². The number of carbonyl (C=O) groups is 2. The quantitative estimate of drug-likeness (QED) is 0.652. The predicted molar refractivity (Wildman–Crippen MR) is 112 cm³/mol. The van der Waals surface area contributed by atoms with Crippen LogP contribution >= 0.6 is 0 Å². The van der Waals surface area contributed by atoms with Crippen molar-refractivity contribution in [3.05, 3.63) is 89.5 Å². The van der Waals surface area contributed by atoms with Gasteiger partial charge in [-0.15, -0.1) is 0 Å². The normalized spacial score (nSPS) is 22.4. The van der Waals surface area contributed by atoms with Crippen LogP contribution in [-0.2, 0) is 14.3 Å². The van der Waals surface area contributed by atoms with Crippen LogP contribution < -0.4 is 0 Å². The fourth-order valence-corrected chi connectivity index (χ4v) is 3.45. The van der Waals surface area contributed by atoms with Crippen molar-refractivity contribution in [3.8, 4) is 0 Å². The number of halogens is 1. The van der Waals surface area contributed by atoms with Gasteiger partial charge in [-0.3, -0.25) is 4.79 Å². The van der Waals surface area contributed by atoms with Gasteiger partial charge in [0.1, 0.15) is 5.60 Å². The van der Waals surface area contributed by atoms with Gasteiger partial charge in [0.2, 0.25) is 5.67 Å². The molecule has 2 aromatic rings. The van der Waals surface area contributed by atoms with Crippen LogP contribution in [0.5, 0.6) is 0 Å². The minimum atomic E-state index is -2.46. The smallest absolute Gasteiger partial charge is 0.349 e. The van der Waals surface area contributed by atoms with Gasteiger partial charge in [0.15, 0.2) is 5.78 Å². The lowest BCUT2D eigenvalue weighted by Gasteiger charge is -2.37. The molecule has 0 N–H and O–H groups in total. The average molecular weight is 392 g/mol. The number of alkyl halides is 1. The molecule has 0 heterocycles. The third-order valence-corrected chi connectivity index (χ3v) is 4.77. The Balaban J connectivity index is 2.09. The monoisotopic (exact) mass is 392 g/mol. The highest BCUT2D eigenvalue weighted by molar-refractivity contribution is 5.99. The SMILES string of the molecule is CC(C)(C)OC(=O)[C@@]1(F)C(/C=C/c2ccccc2)=CC(=O)C[C@H]1c1ccccc1. The van der Waals surface area contributed by atoms with Gasteiger partial charge in [0, 0.05) is 17.9 Å². The summed E-state index contributed by atoms with van der Waals surface area (Å²) in [6.45, 7) is 5.09. The highest BCUT2D eigenvalue weighted by atomic mass is 19.1. The van der Waals surface area contributed by atoms with Crippen LogP contribution in [-0.4, -0.2) is 23.0 Å². The number of allylic oxidation sites excluding steroid dienone is 2. The van der Waals surface area contributed by atoms with Crippen molar-refractivity contribution in [2.45, 2.75) is 44.4 Å². The molecule has 0 saturated heterocycles. The zero-order valence-corrected chi connectivity index (χ0v) is 16.9. The summed E-state index contributed by atoms with van der Waals surface area (Å²) in [5, 5.41) is 0. The molecule has 3 rings (SSSR count). The molecule has 0 amide bonds. The van der Waals surface area contributed by atoms with E-state index in [9.17, 15) is 9.59 Å². The summed E-state index contributed by atoms with van der Waals surface area (Å²) >= 11 is 0. The van der Waals surface area contributed by atoms with E-state index < -0.39 is 23.2 Å². The Bertz CT molecular complexity index is 939. The van der Waals surface area contributed by atoms with E-state index in [0.29, 0.717) is 5.56 Å². The average Bonchev–Trinajstić information content (AvgIpc) is 2.68. The number of hydrogen-bond acceptors (Lipinski definition) is 3. The molecular weight excluding hydrogens is 367 g/mol. The third kappa shape index (κ3) is 4.70. The highest BCUT2D eigenvalue weighted by Crippen LogP contribution is 2.45. The molecule has 2 aromatic carbocycles. The fourth-order valence-electron chi connectivity index (χ4n) is 3.45. The predicted octanol–water partition coefficient (Wildman–Crippen LogP) is 5.43. The molecule has 0 aromatic heterocycles. The number of carbonyl (C=O) groups excluding carboxylic acids is 2. The number of benzene rings is 2.